The molecule has 2 aromatic rings. The van der Waals surface area contributed by atoms with Crippen molar-refractivity contribution >= 4 is 38.7 Å². The Morgan fingerprint density at radius 2 is 2.04 bits per heavy atom. The van der Waals surface area contributed by atoms with Gasteiger partial charge in [-0.2, -0.15) is 0 Å². The number of ether oxygens (including phenoxy) is 1. The molecule has 0 aromatic carbocycles. The molecule has 2 aromatic heterocycles. The molecule has 25 heavy (non-hydrogen) atoms. The van der Waals surface area contributed by atoms with Gasteiger partial charge in [0.2, 0.25) is 0 Å². The number of hydrogen-bond donors (Lipinski definition) is 5. The van der Waals surface area contributed by atoms with Gasteiger partial charge in [0.1, 0.15) is 40.2 Å². The van der Waals surface area contributed by atoms with Crippen molar-refractivity contribution in [1.82, 2.24) is 14.5 Å². The monoisotopic (exact) mass is 415 g/mol. The molecule has 4 atom stereocenters. The van der Waals surface area contributed by atoms with Crippen molar-refractivity contribution in [2.45, 2.75) is 37.9 Å². The van der Waals surface area contributed by atoms with E-state index in [0.717, 1.165) is 0 Å². The van der Waals surface area contributed by atoms with Crippen LogP contribution >= 0.6 is 15.9 Å². The molecule has 11 heteroatoms. The van der Waals surface area contributed by atoms with Crippen molar-refractivity contribution in [3.63, 3.8) is 0 Å². The molecule has 0 saturated carbocycles. The van der Waals surface area contributed by atoms with E-state index in [1.165, 1.54) is 4.57 Å². The minimum Gasteiger partial charge on any atom is -0.394 e. The molecule has 0 spiro atoms. The van der Waals surface area contributed by atoms with Gasteiger partial charge >= 0.3 is 0 Å². The van der Waals surface area contributed by atoms with Crippen LogP contribution in [0.4, 0.5) is 5.82 Å². The molecule has 10 nitrogen and oxygen atoms in total. The van der Waals surface area contributed by atoms with Crippen LogP contribution in [0.1, 0.15) is 29.3 Å². The molecular formula is C14H18BrN5O5. The number of aromatic nitrogens is 3. The van der Waals surface area contributed by atoms with E-state index in [4.69, 9.17) is 16.2 Å². The van der Waals surface area contributed by atoms with E-state index in [1.54, 1.807) is 0 Å². The van der Waals surface area contributed by atoms with E-state index in [0.29, 0.717) is 12.2 Å². The number of nitrogen functional groups attached to an aromatic ring is 1. The van der Waals surface area contributed by atoms with Crippen LogP contribution in [0.15, 0.2) is 4.60 Å². The van der Waals surface area contributed by atoms with Gasteiger partial charge in [0.05, 0.1) is 17.6 Å². The lowest BCUT2D eigenvalue weighted by Gasteiger charge is -2.19. The van der Waals surface area contributed by atoms with Gasteiger partial charge in [0.25, 0.3) is 5.91 Å². The normalized spacial score (nSPS) is 26.4. The average Bonchev–Trinajstić information content (AvgIpc) is 3.02. The second kappa shape index (κ2) is 6.50. The molecule has 1 amide bonds. The van der Waals surface area contributed by atoms with Gasteiger partial charge in [0, 0.05) is 6.42 Å². The summed E-state index contributed by atoms with van der Waals surface area (Å²) in [6, 6.07) is 0. The second-order valence-electron chi connectivity index (χ2n) is 5.71. The summed E-state index contributed by atoms with van der Waals surface area (Å²) < 4.78 is 7.12. The molecule has 1 saturated heterocycles. The lowest BCUT2D eigenvalue weighted by molar-refractivity contribution is -0.0518. The number of carbonyl (C=O) groups excluding carboxylic acids is 1. The fraction of sp³-hybridized carbons (Fsp3) is 0.500. The maximum atomic E-state index is 11.9. The van der Waals surface area contributed by atoms with Crippen LogP contribution in [0.3, 0.4) is 0 Å². The Morgan fingerprint density at radius 1 is 1.36 bits per heavy atom. The Morgan fingerprint density at radius 3 is 2.56 bits per heavy atom. The highest BCUT2D eigenvalue weighted by atomic mass is 79.9. The van der Waals surface area contributed by atoms with E-state index < -0.39 is 37.1 Å². The van der Waals surface area contributed by atoms with Crippen LogP contribution in [0.2, 0.25) is 0 Å². The van der Waals surface area contributed by atoms with Crippen LogP contribution in [0, 0.1) is 0 Å². The number of halogens is 1. The van der Waals surface area contributed by atoms with E-state index in [2.05, 4.69) is 25.9 Å². The zero-order valence-corrected chi connectivity index (χ0v) is 14.8. The van der Waals surface area contributed by atoms with Gasteiger partial charge in [-0.05, 0) is 15.9 Å². The van der Waals surface area contributed by atoms with Crippen LogP contribution in [0.5, 0.6) is 0 Å². The van der Waals surface area contributed by atoms with E-state index in [1.807, 2.05) is 6.92 Å². The van der Waals surface area contributed by atoms with Gasteiger partial charge in [-0.15, -0.1) is 0 Å². The predicted molar refractivity (Wildman–Crippen MR) is 90.5 cm³/mol. The van der Waals surface area contributed by atoms with Crippen LogP contribution in [0.25, 0.3) is 11.0 Å². The first kappa shape index (κ1) is 18.0. The summed E-state index contributed by atoms with van der Waals surface area (Å²) >= 11 is 3.28. The highest BCUT2D eigenvalue weighted by Crippen LogP contribution is 2.39. The highest BCUT2D eigenvalue weighted by molar-refractivity contribution is 9.10. The number of nitrogens with two attached hydrogens (primary N) is 2. The minimum atomic E-state index is -1.36. The standard InChI is InChI=1S/C14H18BrN5O5/c1-2-5-18-11(16)7-6(12(17)24)10(15)20(13(7)19-5)14-9(23)8(22)4(3-21)25-14/h4,8-9,14,21-23H,2-3H2,1H3,(H2,17,24)(H2,16,18,19)/t4-,8+,9-,14-/m0/s1. The SMILES string of the molecule is CCc1nc(N)c2c(C(N)=O)c(Br)n([C@H]3O[C@@H](CO)[C@@H](O)[C@@H]3O)c2n1. The van der Waals surface area contributed by atoms with Crippen molar-refractivity contribution in [1.29, 1.82) is 0 Å². The summed E-state index contributed by atoms with van der Waals surface area (Å²) in [5.74, 6) is -0.261. The molecule has 1 fully saturated rings. The summed E-state index contributed by atoms with van der Waals surface area (Å²) in [7, 11) is 0. The number of rotatable bonds is 4. The largest absolute Gasteiger partial charge is 0.394 e. The van der Waals surface area contributed by atoms with Gasteiger partial charge in [0.15, 0.2) is 6.23 Å². The van der Waals surface area contributed by atoms with Gasteiger partial charge in [-0.1, -0.05) is 6.92 Å². The lowest BCUT2D eigenvalue weighted by atomic mass is 10.1. The first-order chi connectivity index (χ1) is 11.8. The van der Waals surface area contributed by atoms with Crippen molar-refractivity contribution < 1.29 is 24.9 Å². The molecular weight excluding hydrogens is 398 g/mol. The number of primary amides is 1. The van der Waals surface area contributed by atoms with Gasteiger partial charge in [-0.25, -0.2) is 9.97 Å². The van der Waals surface area contributed by atoms with Crippen molar-refractivity contribution in [3.8, 4) is 0 Å². The molecule has 0 radical (unpaired) electrons. The molecule has 3 heterocycles. The molecule has 3 rings (SSSR count). The minimum absolute atomic E-state index is 0.0490. The van der Waals surface area contributed by atoms with E-state index >= 15 is 0 Å². The number of aliphatic hydroxyl groups is 3. The summed E-state index contributed by atoms with van der Waals surface area (Å²) in [4.78, 5) is 20.4. The zero-order valence-electron chi connectivity index (χ0n) is 13.3. The predicted octanol–water partition coefficient (Wildman–Crippen LogP) is -0.951. The molecule has 7 N–H and O–H groups in total. The number of carbonyl (C=O) groups is 1. The van der Waals surface area contributed by atoms with Crippen LogP contribution < -0.4 is 11.5 Å². The fourth-order valence-electron chi connectivity index (χ4n) is 2.95. The van der Waals surface area contributed by atoms with E-state index in [9.17, 15) is 20.1 Å². The Kier molecular flexibility index (Phi) is 4.68. The molecule has 0 aliphatic carbocycles. The quantitative estimate of drug-likeness (QED) is 0.425. The molecule has 1 aliphatic rings. The maximum absolute atomic E-state index is 11.9. The number of hydrogen-bond acceptors (Lipinski definition) is 8. The summed E-state index contributed by atoms with van der Waals surface area (Å²) in [5.41, 5.74) is 11.7. The third kappa shape index (κ3) is 2.68. The van der Waals surface area contributed by atoms with Gasteiger partial charge in [-0.3, -0.25) is 9.36 Å². The van der Waals surface area contributed by atoms with Gasteiger partial charge < -0.3 is 31.5 Å². The molecule has 0 unspecified atom stereocenters. The maximum Gasteiger partial charge on any atom is 0.252 e. The third-order valence-corrected chi connectivity index (χ3v) is 4.97. The third-order valence-electron chi connectivity index (χ3n) is 4.19. The van der Waals surface area contributed by atoms with E-state index in [-0.39, 0.29) is 27.0 Å². The molecule has 0 bridgehead atoms. The summed E-state index contributed by atoms with van der Waals surface area (Å²) in [6.07, 6.45) is -4.25. The summed E-state index contributed by atoms with van der Waals surface area (Å²) in [6.45, 7) is 1.36. The number of fused-ring (bicyclic) bond motifs is 1. The number of aliphatic hydroxyl groups excluding tert-OH is 3. The van der Waals surface area contributed by atoms with Crippen LogP contribution in [-0.4, -0.2) is 60.7 Å². The fourth-order valence-corrected chi connectivity index (χ4v) is 3.72. The first-order valence-corrected chi connectivity index (χ1v) is 8.39. The number of amides is 1. The lowest BCUT2D eigenvalue weighted by Crippen LogP contribution is -2.33. The molecule has 1 aliphatic heterocycles. The highest BCUT2D eigenvalue weighted by Gasteiger charge is 2.45. The average molecular weight is 416 g/mol. The topological polar surface area (TPSA) is 170 Å². The van der Waals surface area contributed by atoms with Crippen LogP contribution in [-0.2, 0) is 11.2 Å². The summed E-state index contributed by atoms with van der Waals surface area (Å²) in [5, 5.41) is 29.8. The molecule has 136 valence electrons. The Labute approximate surface area is 150 Å². The second-order valence-corrected chi connectivity index (χ2v) is 6.46. The smallest absolute Gasteiger partial charge is 0.252 e. The van der Waals surface area contributed by atoms with Crippen molar-refractivity contribution in [2.75, 3.05) is 12.3 Å². The number of nitrogens with zero attached hydrogens (tertiary/aromatic N) is 3. The van der Waals surface area contributed by atoms with Crippen molar-refractivity contribution in [2.24, 2.45) is 5.73 Å². The number of anilines is 1. The van der Waals surface area contributed by atoms with Crippen molar-refractivity contribution in [3.05, 3.63) is 16.0 Å². The first-order valence-electron chi connectivity index (χ1n) is 7.59. The zero-order chi connectivity index (χ0) is 18.5. The number of aryl methyl sites for hydroxylation is 1. The Balaban J connectivity index is 2.30. The Bertz CT molecular complexity index is 841. The Hall–Kier alpha value is -1.79.